The maximum atomic E-state index is 5.76. The topological polar surface area (TPSA) is 18.5 Å². The Morgan fingerprint density at radius 3 is 2.21 bits per heavy atom. The van der Waals surface area contributed by atoms with Gasteiger partial charge in [-0.05, 0) is 68.7 Å². The number of hydrogen-bond acceptors (Lipinski definition) is 2. The maximum Gasteiger partial charge on any atom is 0.169 e. The molecule has 0 aliphatic carbocycles. The number of hydrogen-bond donors (Lipinski definition) is 1. The summed E-state index contributed by atoms with van der Waals surface area (Å²) in [5.74, 6) is 0. The van der Waals surface area contributed by atoms with Gasteiger partial charge < -0.3 is 15.1 Å². The van der Waals surface area contributed by atoms with Crippen LogP contribution in [0, 0.1) is 0 Å². The lowest BCUT2D eigenvalue weighted by molar-refractivity contribution is 0.226. The third kappa shape index (κ3) is 7.25. The number of rotatable bonds is 9. The molecule has 0 radical (unpaired) electrons. The summed E-state index contributed by atoms with van der Waals surface area (Å²) in [6.07, 6.45) is 6.27. The number of nitrogens with one attached hydrogen (secondary N) is 1. The summed E-state index contributed by atoms with van der Waals surface area (Å²) in [6, 6.07) is 21.3. The van der Waals surface area contributed by atoms with Crippen molar-refractivity contribution >= 4 is 17.3 Å². The normalized spacial score (nSPS) is 14.6. The van der Waals surface area contributed by atoms with E-state index in [4.69, 9.17) is 12.2 Å². The van der Waals surface area contributed by atoms with Crippen molar-refractivity contribution in [2.75, 3.05) is 32.7 Å². The van der Waals surface area contributed by atoms with Crippen LogP contribution < -0.4 is 5.32 Å². The summed E-state index contributed by atoms with van der Waals surface area (Å²) in [5.41, 5.74) is 2.65. The van der Waals surface area contributed by atoms with Gasteiger partial charge in [0.25, 0.3) is 0 Å². The van der Waals surface area contributed by atoms with Gasteiger partial charge in [0.05, 0.1) is 0 Å². The van der Waals surface area contributed by atoms with Crippen LogP contribution in [0.25, 0.3) is 0 Å². The Balaban J connectivity index is 1.48. The highest BCUT2D eigenvalue weighted by atomic mass is 32.1. The number of benzene rings is 2. The molecule has 1 aliphatic heterocycles. The van der Waals surface area contributed by atoms with E-state index < -0.39 is 0 Å². The minimum absolute atomic E-state index is 0.853. The predicted molar refractivity (Wildman–Crippen MR) is 123 cm³/mol. The lowest BCUT2D eigenvalue weighted by atomic mass is 10.1. The van der Waals surface area contributed by atoms with E-state index in [1.165, 1.54) is 50.0 Å². The van der Waals surface area contributed by atoms with Gasteiger partial charge in [-0.25, -0.2) is 0 Å². The Morgan fingerprint density at radius 2 is 1.54 bits per heavy atom. The van der Waals surface area contributed by atoms with Crippen molar-refractivity contribution in [3.8, 4) is 0 Å². The third-order valence-electron chi connectivity index (χ3n) is 5.39. The van der Waals surface area contributed by atoms with Crippen LogP contribution in [-0.4, -0.2) is 47.6 Å². The summed E-state index contributed by atoms with van der Waals surface area (Å²) in [5, 5.41) is 4.38. The first kappa shape index (κ1) is 20.8. The molecule has 0 unspecified atom stereocenters. The van der Waals surface area contributed by atoms with Gasteiger partial charge >= 0.3 is 0 Å². The smallest absolute Gasteiger partial charge is 0.169 e. The molecule has 0 spiro atoms. The molecule has 0 saturated carbocycles. The lowest BCUT2D eigenvalue weighted by Gasteiger charge is -2.28. The molecular formula is C24H33N3S. The van der Waals surface area contributed by atoms with E-state index in [1.807, 2.05) is 0 Å². The number of nitrogens with zero attached hydrogens (tertiary/aromatic N) is 2. The minimum Gasteiger partial charge on any atom is -0.363 e. The zero-order valence-electron chi connectivity index (χ0n) is 16.9. The van der Waals surface area contributed by atoms with E-state index in [1.54, 1.807) is 0 Å². The molecule has 1 heterocycles. The van der Waals surface area contributed by atoms with Crippen molar-refractivity contribution in [1.29, 1.82) is 0 Å². The van der Waals surface area contributed by atoms with Crippen LogP contribution in [0.2, 0.25) is 0 Å². The van der Waals surface area contributed by atoms with Gasteiger partial charge in [-0.3, -0.25) is 0 Å². The lowest BCUT2D eigenvalue weighted by Crippen LogP contribution is -2.41. The summed E-state index contributed by atoms with van der Waals surface area (Å²) in [7, 11) is 0. The zero-order valence-corrected chi connectivity index (χ0v) is 17.7. The van der Waals surface area contributed by atoms with Crippen molar-refractivity contribution < 1.29 is 0 Å². The van der Waals surface area contributed by atoms with Crippen molar-refractivity contribution in [3.05, 3.63) is 71.8 Å². The van der Waals surface area contributed by atoms with E-state index in [9.17, 15) is 0 Å². The SMILES string of the molecule is S=C(NCCCN1CCCCC1)N(CCc1ccccc1)Cc1ccccc1. The second kappa shape index (κ2) is 11.8. The Bertz CT molecular complexity index is 684. The molecule has 0 atom stereocenters. The average Bonchev–Trinajstić information content (AvgIpc) is 2.76. The van der Waals surface area contributed by atoms with Gasteiger partial charge in [-0.15, -0.1) is 0 Å². The molecule has 1 saturated heterocycles. The summed E-state index contributed by atoms with van der Waals surface area (Å²) < 4.78 is 0. The monoisotopic (exact) mass is 395 g/mol. The zero-order chi connectivity index (χ0) is 19.4. The fourth-order valence-corrected chi connectivity index (χ4v) is 4.02. The molecule has 2 aromatic carbocycles. The van der Waals surface area contributed by atoms with E-state index >= 15 is 0 Å². The summed E-state index contributed by atoms with van der Waals surface area (Å²) in [6.45, 7) is 6.44. The third-order valence-corrected chi connectivity index (χ3v) is 5.80. The van der Waals surface area contributed by atoms with Gasteiger partial charge in [0, 0.05) is 19.6 Å². The van der Waals surface area contributed by atoms with Crippen LogP contribution in [0.1, 0.15) is 36.8 Å². The van der Waals surface area contributed by atoms with Crippen LogP contribution >= 0.6 is 12.2 Å². The fourth-order valence-electron chi connectivity index (χ4n) is 3.76. The first-order valence-corrected chi connectivity index (χ1v) is 11.0. The molecule has 1 fully saturated rings. The number of likely N-dealkylation sites (tertiary alicyclic amines) is 1. The van der Waals surface area contributed by atoms with E-state index in [0.29, 0.717) is 0 Å². The molecule has 1 N–H and O–H groups in total. The van der Waals surface area contributed by atoms with Gasteiger partial charge in [-0.1, -0.05) is 67.1 Å². The average molecular weight is 396 g/mol. The number of piperidine rings is 1. The van der Waals surface area contributed by atoms with Crippen LogP contribution in [0.15, 0.2) is 60.7 Å². The van der Waals surface area contributed by atoms with Gasteiger partial charge in [0.2, 0.25) is 0 Å². The molecule has 2 aromatic rings. The Kier molecular flexibility index (Phi) is 8.79. The van der Waals surface area contributed by atoms with Gasteiger partial charge in [0.1, 0.15) is 0 Å². The molecule has 1 aliphatic rings. The van der Waals surface area contributed by atoms with Crippen LogP contribution in [0.3, 0.4) is 0 Å². The standard InChI is InChI=1S/C24H33N3S/c28-24(25-16-10-19-26-17-8-3-9-18-26)27(21-23-13-6-2-7-14-23)20-15-22-11-4-1-5-12-22/h1-2,4-7,11-14H,3,8-10,15-21H2,(H,25,28). The van der Waals surface area contributed by atoms with E-state index in [-0.39, 0.29) is 0 Å². The largest absolute Gasteiger partial charge is 0.363 e. The van der Waals surface area contributed by atoms with Crippen LogP contribution in [-0.2, 0) is 13.0 Å². The molecular weight excluding hydrogens is 362 g/mol. The second-order valence-electron chi connectivity index (χ2n) is 7.63. The molecule has 28 heavy (non-hydrogen) atoms. The first-order valence-electron chi connectivity index (χ1n) is 10.6. The molecule has 150 valence electrons. The number of thiocarbonyl (C=S) groups is 1. The first-order chi connectivity index (χ1) is 13.8. The Labute approximate surface area is 175 Å². The molecule has 0 amide bonds. The second-order valence-corrected chi connectivity index (χ2v) is 8.02. The van der Waals surface area contributed by atoms with Crippen LogP contribution in [0.4, 0.5) is 0 Å². The van der Waals surface area contributed by atoms with Gasteiger partial charge in [0.15, 0.2) is 5.11 Å². The summed E-state index contributed by atoms with van der Waals surface area (Å²) in [4.78, 5) is 4.89. The summed E-state index contributed by atoms with van der Waals surface area (Å²) >= 11 is 5.76. The molecule has 0 bridgehead atoms. The predicted octanol–water partition coefficient (Wildman–Crippen LogP) is 4.48. The Hall–Kier alpha value is -1.91. The quantitative estimate of drug-likeness (QED) is 0.498. The molecule has 3 rings (SSSR count). The van der Waals surface area contributed by atoms with E-state index in [2.05, 4.69) is 75.8 Å². The molecule has 4 heteroatoms. The maximum absolute atomic E-state index is 5.76. The molecule has 0 aromatic heterocycles. The van der Waals surface area contributed by atoms with Crippen molar-refractivity contribution in [2.24, 2.45) is 0 Å². The van der Waals surface area contributed by atoms with Crippen molar-refractivity contribution in [3.63, 3.8) is 0 Å². The van der Waals surface area contributed by atoms with Gasteiger partial charge in [-0.2, -0.15) is 0 Å². The van der Waals surface area contributed by atoms with Crippen molar-refractivity contribution in [1.82, 2.24) is 15.1 Å². The van der Waals surface area contributed by atoms with Crippen molar-refractivity contribution in [2.45, 2.75) is 38.6 Å². The highest BCUT2D eigenvalue weighted by Gasteiger charge is 2.12. The van der Waals surface area contributed by atoms with Crippen LogP contribution in [0.5, 0.6) is 0 Å². The fraction of sp³-hybridized carbons (Fsp3) is 0.458. The highest BCUT2D eigenvalue weighted by molar-refractivity contribution is 7.80. The van der Waals surface area contributed by atoms with E-state index in [0.717, 1.165) is 37.6 Å². The molecule has 3 nitrogen and oxygen atoms in total. The minimum atomic E-state index is 0.853. The Morgan fingerprint density at radius 1 is 0.893 bits per heavy atom. The highest BCUT2D eigenvalue weighted by Crippen LogP contribution is 2.10.